The van der Waals surface area contributed by atoms with Crippen molar-refractivity contribution in [2.45, 2.75) is 31.7 Å². The summed E-state index contributed by atoms with van der Waals surface area (Å²) in [5, 5.41) is 4.86. The molecule has 3 aromatic rings. The molecule has 23 heavy (non-hydrogen) atoms. The van der Waals surface area contributed by atoms with Gasteiger partial charge in [0.15, 0.2) is 0 Å². The van der Waals surface area contributed by atoms with Gasteiger partial charge in [0.1, 0.15) is 0 Å². The Labute approximate surface area is 136 Å². The zero-order valence-electron chi connectivity index (χ0n) is 13.2. The minimum absolute atomic E-state index is 0.384. The summed E-state index contributed by atoms with van der Waals surface area (Å²) in [6, 6.07) is 15.0. The minimum atomic E-state index is 0.384. The molecule has 1 aliphatic heterocycles. The molecule has 0 aliphatic carbocycles. The van der Waals surface area contributed by atoms with E-state index in [9.17, 15) is 0 Å². The topological polar surface area (TPSA) is 37.8 Å². The highest BCUT2D eigenvalue weighted by molar-refractivity contribution is 5.81. The monoisotopic (exact) mass is 303 g/mol. The smallest absolute Gasteiger partial charge is 0.0714 e. The van der Waals surface area contributed by atoms with Gasteiger partial charge in [0, 0.05) is 29.4 Å². The van der Waals surface area contributed by atoms with Gasteiger partial charge in [0.05, 0.1) is 11.2 Å². The molecule has 0 unspecified atom stereocenters. The number of para-hydroxylation sites is 1. The number of nitrogens with zero attached hydrogens (tertiary/aromatic N) is 2. The molecule has 1 aliphatic rings. The Bertz CT molecular complexity index is 805. The first-order chi connectivity index (χ1) is 11.4. The second kappa shape index (κ2) is 6.47. The minimum Gasteiger partial charge on any atom is -0.310 e. The van der Waals surface area contributed by atoms with Crippen molar-refractivity contribution in [1.29, 1.82) is 0 Å². The number of hydrogen-bond donors (Lipinski definition) is 1. The molecule has 2 aromatic heterocycles. The molecule has 0 spiro atoms. The van der Waals surface area contributed by atoms with Crippen molar-refractivity contribution >= 4 is 10.9 Å². The summed E-state index contributed by atoms with van der Waals surface area (Å²) in [6.07, 6.45) is 8.90. The summed E-state index contributed by atoms with van der Waals surface area (Å²) in [5.74, 6) is 0. The highest BCUT2D eigenvalue weighted by atomic mass is 14.9. The van der Waals surface area contributed by atoms with Crippen molar-refractivity contribution in [3.63, 3.8) is 0 Å². The zero-order chi connectivity index (χ0) is 15.5. The van der Waals surface area contributed by atoms with E-state index in [-0.39, 0.29) is 0 Å². The maximum Gasteiger partial charge on any atom is 0.0714 e. The van der Waals surface area contributed by atoms with Crippen molar-refractivity contribution in [3.8, 4) is 11.3 Å². The van der Waals surface area contributed by atoms with Crippen molar-refractivity contribution in [2.24, 2.45) is 0 Å². The quantitative estimate of drug-likeness (QED) is 0.757. The van der Waals surface area contributed by atoms with Crippen molar-refractivity contribution < 1.29 is 0 Å². The molecule has 1 atom stereocenters. The van der Waals surface area contributed by atoms with Crippen LogP contribution >= 0.6 is 0 Å². The number of pyridine rings is 2. The van der Waals surface area contributed by atoms with Gasteiger partial charge < -0.3 is 5.32 Å². The molecule has 0 bridgehead atoms. The van der Waals surface area contributed by atoms with Gasteiger partial charge in [-0.1, -0.05) is 37.1 Å². The van der Waals surface area contributed by atoms with E-state index in [1.165, 1.54) is 42.2 Å². The molecule has 3 heteroatoms. The Balaban J connectivity index is 1.78. The van der Waals surface area contributed by atoms with E-state index in [0.29, 0.717) is 6.04 Å². The number of fused-ring (bicyclic) bond motifs is 1. The molecule has 1 fully saturated rings. The fourth-order valence-electron chi connectivity index (χ4n) is 3.43. The van der Waals surface area contributed by atoms with Crippen LogP contribution in [-0.2, 0) is 0 Å². The Hall–Kier alpha value is -2.26. The van der Waals surface area contributed by atoms with Crippen LogP contribution in [0.1, 0.15) is 37.3 Å². The van der Waals surface area contributed by atoms with E-state index in [1.54, 1.807) is 0 Å². The van der Waals surface area contributed by atoms with E-state index >= 15 is 0 Å². The number of hydrogen-bond acceptors (Lipinski definition) is 3. The molecule has 1 N–H and O–H groups in total. The fraction of sp³-hybridized carbons (Fsp3) is 0.300. The molecular weight excluding hydrogens is 282 g/mol. The average molecular weight is 303 g/mol. The van der Waals surface area contributed by atoms with E-state index in [2.05, 4.69) is 46.7 Å². The Morgan fingerprint density at radius 3 is 2.91 bits per heavy atom. The van der Waals surface area contributed by atoms with Crippen LogP contribution in [0.15, 0.2) is 54.9 Å². The van der Waals surface area contributed by atoms with Crippen LogP contribution in [0.25, 0.3) is 22.2 Å². The van der Waals surface area contributed by atoms with Crippen LogP contribution in [0, 0.1) is 0 Å². The first kappa shape index (κ1) is 14.3. The maximum absolute atomic E-state index is 4.87. The highest BCUT2D eigenvalue weighted by Crippen LogP contribution is 2.31. The van der Waals surface area contributed by atoms with Crippen LogP contribution in [0.4, 0.5) is 0 Å². The lowest BCUT2D eigenvalue weighted by Crippen LogP contribution is -2.21. The molecule has 1 aromatic carbocycles. The van der Waals surface area contributed by atoms with Crippen LogP contribution in [0.3, 0.4) is 0 Å². The number of aromatic nitrogens is 2. The van der Waals surface area contributed by atoms with Gasteiger partial charge in [-0.15, -0.1) is 0 Å². The molecule has 0 saturated carbocycles. The largest absolute Gasteiger partial charge is 0.310 e. The Morgan fingerprint density at radius 2 is 1.91 bits per heavy atom. The van der Waals surface area contributed by atoms with E-state index in [4.69, 9.17) is 4.98 Å². The third kappa shape index (κ3) is 2.97. The van der Waals surface area contributed by atoms with Crippen LogP contribution in [0.2, 0.25) is 0 Å². The second-order valence-electron chi connectivity index (χ2n) is 6.21. The summed E-state index contributed by atoms with van der Waals surface area (Å²) in [7, 11) is 0. The van der Waals surface area contributed by atoms with E-state index in [0.717, 1.165) is 17.8 Å². The predicted octanol–water partition coefficient (Wildman–Crippen LogP) is 4.50. The van der Waals surface area contributed by atoms with Crippen LogP contribution in [-0.4, -0.2) is 16.5 Å². The van der Waals surface area contributed by atoms with Gasteiger partial charge in [-0.05, 0) is 43.1 Å². The first-order valence-corrected chi connectivity index (χ1v) is 8.45. The van der Waals surface area contributed by atoms with Gasteiger partial charge in [-0.25, -0.2) is 4.98 Å². The van der Waals surface area contributed by atoms with Gasteiger partial charge in [0.25, 0.3) is 0 Å². The molecule has 0 radical (unpaired) electrons. The third-order valence-electron chi connectivity index (χ3n) is 4.66. The molecular formula is C20H21N3. The number of rotatable bonds is 2. The van der Waals surface area contributed by atoms with Gasteiger partial charge in [-0.2, -0.15) is 0 Å². The van der Waals surface area contributed by atoms with Crippen molar-refractivity contribution in [3.05, 3.63) is 60.4 Å². The standard InChI is InChI=1S/C20H21N3/c1-2-8-19(22-12-5-1)17-14-21-13-11-16(17)20-10-9-15-6-3-4-7-18(15)23-20/h3-4,6-7,9-11,13-14,19,22H,1-2,5,8,12H2/t19-/m0/s1. The predicted molar refractivity (Wildman–Crippen MR) is 94.2 cm³/mol. The van der Waals surface area contributed by atoms with Crippen molar-refractivity contribution in [2.75, 3.05) is 6.54 Å². The fourth-order valence-corrected chi connectivity index (χ4v) is 3.43. The van der Waals surface area contributed by atoms with Gasteiger partial charge in [-0.3, -0.25) is 4.98 Å². The van der Waals surface area contributed by atoms with Crippen LogP contribution in [0.5, 0.6) is 0 Å². The lowest BCUT2D eigenvalue weighted by Gasteiger charge is -2.19. The molecule has 116 valence electrons. The van der Waals surface area contributed by atoms with Gasteiger partial charge >= 0.3 is 0 Å². The molecule has 1 saturated heterocycles. The van der Waals surface area contributed by atoms with Crippen LogP contribution < -0.4 is 5.32 Å². The third-order valence-corrected chi connectivity index (χ3v) is 4.66. The van der Waals surface area contributed by atoms with E-state index < -0.39 is 0 Å². The highest BCUT2D eigenvalue weighted by Gasteiger charge is 2.18. The summed E-state index contributed by atoms with van der Waals surface area (Å²) in [6.45, 7) is 1.09. The van der Waals surface area contributed by atoms with Crippen molar-refractivity contribution in [1.82, 2.24) is 15.3 Å². The number of benzene rings is 1. The SMILES string of the molecule is c1ccc2nc(-c3ccncc3[C@@H]3CCCCCN3)ccc2c1. The summed E-state index contributed by atoms with van der Waals surface area (Å²) in [4.78, 5) is 9.24. The Kier molecular flexibility index (Phi) is 4.03. The molecule has 3 heterocycles. The molecule has 0 amide bonds. The number of nitrogens with one attached hydrogen (secondary N) is 1. The summed E-state index contributed by atoms with van der Waals surface area (Å²) >= 11 is 0. The second-order valence-corrected chi connectivity index (χ2v) is 6.21. The average Bonchev–Trinajstić information content (AvgIpc) is 2.91. The summed E-state index contributed by atoms with van der Waals surface area (Å²) in [5.41, 5.74) is 4.55. The lowest BCUT2D eigenvalue weighted by atomic mass is 9.96. The zero-order valence-corrected chi connectivity index (χ0v) is 13.2. The van der Waals surface area contributed by atoms with Gasteiger partial charge in [0.2, 0.25) is 0 Å². The molecule has 3 nitrogen and oxygen atoms in total. The Morgan fingerprint density at radius 1 is 0.957 bits per heavy atom. The lowest BCUT2D eigenvalue weighted by molar-refractivity contribution is 0.534. The normalized spacial score (nSPS) is 18.7. The van der Waals surface area contributed by atoms with E-state index in [1.807, 2.05) is 18.5 Å². The summed E-state index contributed by atoms with van der Waals surface area (Å²) < 4.78 is 0. The first-order valence-electron chi connectivity index (χ1n) is 8.45. The maximum atomic E-state index is 4.87. The molecule has 4 rings (SSSR count).